The smallest absolute Gasteiger partial charge is 0.306 e. The Morgan fingerprint density at radius 1 is 0.247 bits per heavy atom. The van der Waals surface area contributed by atoms with Gasteiger partial charge in [0.25, 0.3) is 0 Å². The van der Waals surface area contributed by atoms with E-state index in [1.807, 2.05) is 0 Å². The Morgan fingerprint density at radius 3 is 0.649 bits per heavy atom. The molecule has 1 unspecified atom stereocenters. The molecule has 1 atom stereocenters. The Hall–Kier alpha value is -1.85. The Kier molecular flexibility index (Phi) is 65.1. The molecule has 0 saturated heterocycles. The zero-order valence-corrected chi connectivity index (χ0v) is 52.5. The number of rotatable bonds is 66. The van der Waals surface area contributed by atoms with Gasteiger partial charge in [-0.2, -0.15) is 0 Å². The molecular formula is C71H136O6. The van der Waals surface area contributed by atoms with Crippen molar-refractivity contribution in [3.8, 4) is 0 Å². The second-order valence-corrected chi connectivity index (χ2v) is 24.2. The molecule has 6 heteroatoms. The van der Waals surface area contributed by atoms with Crippen molar-refractivity contribution in [2.24, 2.45) is 0 Å². The van der Waals surface area contributed by atoms with E-state index in [-0.39, 0.29) is 31.1 Å². The Labute approximate surface area is 481 Å². The van der Waals surface area contributed by atoms with Gasteiger partial charge in [0.15, 0.2) is 6.10 Å². The van der Waals surface area contributed by atoms with Gasteiger partial charge >= 0.3 is 17.9 Å². The molecule has 0 heterocycles. The summed E-state index contributed by atoms with van der Waals surface area (Å²) in [6, 6.07) is 0. The summed E-state index contributed by atoms with van der Waals surface area (Å²) in [5, 5.41) is 0. The highest BCUT2D eigenvalue weighted by atomic mass is 16.6. The number of esters is 3. The Morgan fingerprint density at radius 2 is 0.429 bits per heavy atom. The van der Waals surface area contributed by atoms with E-state index < -0.39 is 6.10 Å². The molecule has 0 fully saturated rings. The molecule has 77 heavy (non-hydrogen) atoms. The lowest BCUT2D eigenvalue weighted by Crippen LogP contribution is -2.30. The average molecular weight is 1090 g/mol. The first-order chi connectivity index (χ1) is 38.0. The van der Waals surface area contributed by atoms with Crippen molar-refractivity contribution in [3.05, 3.63) is 12.2 Å². The summed E-state index contributed by atoms with van der Waals surface area (Å²) in [4.78, 5) is 38.2. The monoisotopic (exact) mass is 1090 g/mol. The molecule has 0 saturated carbocycles. The first-order valence-electron chi connectivity index (χ1n) is 35.2. The Bertz CT molecular complexity index is 1200. The minimum atomic E-state index is -0.769. The van der Waals surface area contributed by atoms with Crippen LogP contribution in [0.25, 0.3) is 0 Å². The molecule has 0 radical (unpaired) electrons. The average Bonchev–Trinajstić information content (AvgIpc) is 3.43. The van der Waals surface area contributed by atoms with Crippen LogP contribution in [0.1, 0.15) is 406 Å². The number of hydrogen-bond donors (Lipinski definition) is 0. The lowest BCUT2D eigenvalue weighted by molar-refractivity contribution is -0.167. The number of carbonyl (C=O) groups excluding carboxylic acids is 3. The predicted molar refractivity (Wildman–Crippen MR) is 335 cm³/mol. The standard InChI is InChI=1S/C71H136O6/c1-4-7-10-13-16-19-22-24-26-28-29-30-31-32-33-34-35-36-37-38-39-40-41-42-43-44-46-47-49-52-55-58-61-64-70(73)76-67-68(66-75-69(72)63-60-57-54-51-21-18-15-12-9-6-3)77-71(74)65-62-59-56-53-50-48-45-27-25-23-20-17-14-11-8-5-2/h27,45,68H,4-26,28-44,46-67H2,1-3H3/b45-27-. The van der Waals surface area contributed by atoms with Gasteiger partial charge in [0, 0.05) is 19.3 Å². The molecule has 6 nitrogen and oxygen atoms in total. The summed E-state index contributed by atoms with van der Waals surface area (Å²) in [5.74, 6) is -0.848. The van der Waals surface area contributed by atoms with Crippen LogP contribution in [-0.4, -0.2) is 37.2 Å². The van der Waals surface area contributed by atoms with Gasteiger partial charge in [0.1, 0.15) is 13.2 Å². The molecule has 0 bridgehead atoms. The van der Waals surface area contributed by atoms with Gasteiger partial charge in [0.2, 0.25) is 0 Å². The van der Waals surface area contributed by atoms with Crippen molar-refractivity contribution >= 4 is 17.9 Å². The maximum absolute atomic E-state index is 12.9. The van der Waals surface area contributed by atoms with Gasteiger partial charge in [-0.1, -0.05) is 354 Å². The molecular weight excluding hydrogens is 949 g/mol. The number of carbonyl (C=O) groups is 3. The summed E-state index contributed by atoms with van der Waals surface area (Å²) in [7, 11) is 0. The molecule has 0 aromatic rings. The van der Waals surface area contributed by atoms with Gasteiger partial charge in [0.05, 0.1) is 0 Å². The molecule has 456 valence electrons. The molecule has 0 amide bonds. The van der Waals surface area contributed by atoms with Gasteiger partial charge in [-0.25, -0.2) is 0 Å². The number of allylic oxidation sites excluding steroid dienone is 2. The highest BCUT2D eigenvalue weighted by Crippen LogP contribution is 2.19. The number of ether oxygens (including phenoxy) is 3. The first kappa shape index (κ1) is 75.2. The summed E-state index contributed by atoms with van der Waals surface area (Å²) in [6.45, 7) is 6.69. The SMILES string of the molecule is CCCCCCCCC/C=C\CCCCCCCC(=O)OC(COC(=O)CCCCCCCCCCCC)COC(=O)CCCCCCCCCCCCCCCCCCCCCCCCCCCCCCCCCCC. The van der Waals surface area contributed by atoms with E-state index in [0.29, 0.717) is 19.3 Å². The maximum atomic E-state index is 12.9. The van der Waals surface area contributed by atoms with Crippen molar-refractivity contribution in [2.45, 2.75) is 412 Å². The fourth-order valence-electron chi connectivity index (χ4n) is 11.0. The van der Waals surface area contributed by atoms with E-state index in [1.165, 1.54) is 302 Å². The normalized spacial score (nSPS) is 12.0. The zero-order chi connectivity index (χ0) is 55.7. The van der Waals surface area contributed by atoms with E-state index in [9.17, 15) is 14.4 Å². The highest BCUT2D eigenvalue weighted by Gasteiger charge is 2.19. The number of unbranched alkanes of at least 4 members (excludes halogenated alkanes) is 53. The minimum absolute atomic E-state index is 0.0672. The van der Waals surface area contributed by atoms with Crippen molar-refractivity contribution in [1.29, 1.82) is 0 Å². The van der Waals surface area contributed by atoms with Crippen LogP contribution in [0.3, 0.4) is 0 Å². The second kappa shape index (κ2) is 66.7. The molecule has 0 aliphatic heterocycles. The van der Waals surface area contributed by atoms with Crippen LogP contribution in [0.5, 0.6) is 0 Å². The molecule has 0 aromatic heterocycles. The molecule has 0 N–H and O–H groups in total. The minimum Gasteiger partial charge on any atom is -0.462 e. The van der Waals surface area contributed by atoms with Gasteiger partial charge in [-0.05, 0) is 44.9 Å². The van der Waals surface area contributed by atoms with Crippen molar-refractivity contribution in [2.75, 3.05) is 13.2 Å². The van der Waals surface area contributed by atoms with Crippen LogP contribution in [0.2, 0.25) is 0 Å². The summed E-state index contributed by atoms with van der Waals surface area (Å²) >= 11 is 0. The van der Waals surface area contributed by atoms with Gasteiger partial charge < -0.3 is 14.2 Å². The fourth-order valence-corrected chi connectivity index (χ4v) is 11.0. The van der Waals surface area contributed by atoms with Crippen LogP contribution in [0, 0.1) is 0 Å². The summed E-state index contributed by atoms with van der Waals surface area (Å²) in [6.07, 6.45) is 79.9. The van der Waals surface area contributed by atoms with E-state index in [4.69, 9.17) is 14.2 Å². The molecule has 0 aliphatic rings. The van der Waals surface area contributed by atoms with Gasteiger partial charge in [-0.15, -0.1) is 0 Å². The lowest BCUT2D eigenvalue weighted by Gasteiger charge is -2.18. The van der Waals surface area contributed by atoms with Crippen LogP contribution in [0.4, 0.5) is 0 Å². The van der Waals surface area contributed by atoms with Crippen molar-refractivity contribution in [1.82, 2.24) is 0 Å². The third-order valence-corrected chi connectivity index (χ3v) is 16.3. The largest absolute Gasteiger partial charge is 0.462 e. The lowest BCUT2D eigenvalue weighted by atomic mass is 10.0. The third kappa shape index (κ3) is 64.9. The van der Waals surface area contributed by atoms with Gasteiger partial charge in [-0.3, -0.25) is 14.4 Å². The molecule has 0 aliphatic carbocycles. The van der Waals surface area contributed by atoms with Crippen molar-refractivity contribution in [3.63, 3.8) is 0 Å². The van der Waals surface area contributed by atoms with E-state index in [2.05, 4.69) is 32.9 Å². The van der Waals surface area contributed by atoms with E-state index in [1.54, 1.807) is 0 Å². The summed E-state index contributed by atoms with van der Waals surface area (Å²) < 4.78 is 16.9. The number of hydrogen-bond acceptors (Lipinski definition) is 6. The van der Waals surface area contributed by atoms with Crippen LogP contribution in [-0.2, 0) is 28.6 Å². The second-order valence-electron chi connectivity index (χ2n) is 24.2. The van der Waals surface area contributed by atoms with Crippen LogP contribution >= 0.6 is 0 Å². The van der Waals surface area contributed by atoms with E-state index in [0.717, 1.165) is 64.2 Å². The Balaban J connectivity index is 4.00. The predicted octanol–water partition coefficient (Wildman–Crippen LogP) is 24.0. The maximum Gasteiger partial charge on any atom is 0.306 e. The van der Waals surface area contributed by atoms with Crippen molar-refractivity contribution < 1.29 is 28.6 Å². The highest BCUT2D eigenvalue weighted by molar-refractivity contribution is 5.71. The quantitative estimate of drug-likeness (QED) is 0.0261. The van der Waals surface area contributed by atoms with E-state index >= 15 is 0 Å². The van der Waals surface area contributed by atoms with Crippen LogP contribution in [0.15, 0.2) is 12.2 Å². The zero-order valence-electron chi connectivity index (χ0n) is 52.5. The third-order valence-electron chi connectivity index (χ3n) is 16.3. The van der Waals surface area contributed by atoms with Crippen LogP contribution < -0.4 is 0 Å². The first-order valence-corrected chi connectivity index (χ1v) is 35.2. The molecule has 0 spiro atoms. The molecule has 0 aromatic carbocycles. The summed E-state index contributed by atoms with van der Waals surface area (Å²) in [5.41, 5.74) is 0. The fraction of sp³-hybridized carbons (Fsp3) is 0.930. The molecule has 0 rings (SSSR count). The topological polar surface area (TPSA) is 78.9 Å².